The fraction of sp³-hybridized carbons (Fsp3) is 0.200. The average molecular weight is 460 g/mol. The number of hydrogen-bond donors (Lipinski definition) is 4. The molecule has 32 heavy (non-hydrogen) atoms. The molecule has 3 heterocycles. The number of urea groups is 1. The molecule has 0 saturated carbocycles. The van der Waals surface area contributed by atoms with Gasteiger partial charge in [0.15, 0.2) is 5.82 Å². The molecule has 0 aliphatic carbocycles. The summed E-state index contributed by atoms with van der Waals surface area (Å²) in [5, 5.41) is 23.3. The Labute approximate surface area is 186 Å². The first kappa shape index (κ1) is 21.4. The first-order valence-corrected chi connectivity index (χ1v) is 9.89. The van der Waals surface area contributed by atoms with Gasteiger partial charge in [-0.1, -0.05) is 11.6 Å². The lowest BCUT2D eigenvalue weighted by molar-refractivity contribution is -0.134. The number of nitrogens with one attached hydrogen (secondary N) is 2. The van der Waals surface area contributed by atoms with E-state index in [2.05, 4.69) is 10.4 Å². The van der Waals surface area contributed by atoms with E-state index < -0.39 is 17.8 Å². The number of carbonyl (C=O) groups excluding carboxylic acids is 1. The second-order valence-electron chi connectivity index (χ2n) is 7.24. The highest BCUT2D eigenvalue weighted by molar-refractivity contribution is 6.35. The SMILES string of the molecule is CN1CCN(c2c(N)c(C=N)c(-c3ccn4nc(NCC(=O)O)cc4c3)c(Cl)c2F)C1=O. The van der Waals surface area contributed by atoms with Gasteiger partial charge in [0.25, 0.3) is 0 Å². The van der Waals surface area contributed by atoms with E-state index in [0.29, 0.717) is 23.4 Å². The number of nitrogens with two attached hydrogens (primary N) is 1. The van der Waals surface area contributed by atoms with Crippen LogP contribution in [0.1, 0.15) is 5.56 Å². The highest BCUT2D eigenvalue weighted by Crippen LogP contribution is 2.43. The highest BCUT2D eigenvalue weighted by Gasteiger charge is 2.33. The summed E-state index contributed by atoms with van der Waals surface area (Å²) in [4.78, 5) is 25.8. The lowest BCUT2D eigenvalue weighted by Gasteiger charge is -2.23. The van der Waals surface area contributed by atoms with Crippen LogP contribution in [-0.2, 0) is 4.79 Å². The highest BCUT2D eigenvalue weighted by atomic mass is 35.5. The summed E-state index contributed by atoms with van der Waals surface area (Å²) in [5.74, 6) is -1.52. The largest absolute Gasteiger partial charge is 0.480 e. The number of carboxylic acid groups (broad SMARTS) is 1. The predicted octanol–water partition coefficient (Wildman–Crippen LogP) is 2.74. The third-order valence-electron chi connectivity index (χ3n) is 5.24. The van der Waals surface area contributed by atoms with Crippen molar-refractivity contribution in [3.63, 3.8) is 0 Å². The third-order valence-corrected chi connectivity index (χ3v) is 5.59. The average Bonchev–Trinajstić information content (AvgIpc) is 3.32. The summed E-state index contributed by atoms with van der Waals surface area (Å²) in [6, 6.07) is 4.51. The molecule has 5 N–H and O–H groups in total. The van der Waals surface area contributed by atoms with Gasteiger partial charge >= 0.3 is 12.0 Å². The van der Waals surface area contributed by atoms with E-state index in [1.54, 1.807) is 31.4 Å². The number of likely N-dealkylation sites (N-methyl/N-ethyl adjacent to an activating group) is 1. The lowest BCUT2D eigenvalue weighted by atomic mass is 9.97. The van der Waals surface area contributed by atoms with E-state index in [0.717, 1.165) is 6.21 Å². The Hall–Kier alpha value is -3.86. The number of nitrogens with zero attached hydrogens (tertiary/aromatic N) is 4. The minimum absolute atomic E-state index is 0.0576. The van der Waals surface area contributed by atoms with Gasteiger partial charge in [-0.05, 0) is 17.7 Å². The monoisotopic (exact) mass is 459 g/mol. The molecular weight excluding hydrogens is 441 g/mol. The third kappa shape index (κ3) is 3.46. The van der Waals surface area contributed by atoms with Crippen LogP contribution in [0.15, 0.2) is 24.4 Å². The Morgan fingerprint density at radius 1 is 1.44 bits per heavy atom. The zero-order valence-corrected chi connectivity index (χ0v) is 17.6. The van der Waals surface area contributed by atoms with E-state index in [9.17, 15) is 9.59 Å². The Morgan fingerprint density at radius 2 is 2.19 bits per heavy atom. The second-order valence-corrected chi connectivity index (χ2v) is 7.62. The van der Waals surface area contributed by atoms with Crippen molar-refractivity contribution in [1.82, 2.24) is 14.5 Å². The molecule has 4 rings (SSSR count). The van der Waals surface area contributed by atoms with E-state index in [-0.39, 0.29) is 40.6 Å². The van der Waals surface area contributed by atoms with Gasteiger partial charge in [0.2, 0.25) is 0 Å². The number of rotatable bonds is 6. The summed E-state index contributed by atoms with van der Waals surface area (Å²) in [5.41, 5.74) is 7.49. The standard InChI is InChI=1S/C20H19ClFN7O3/c1-27-4-5-28(20(27)32)19-17(22)16(21)15(12(8-23)18(19)24)10-2-3-29-11(6-10)7-13(26-29)25-9-14(30)31/h2-3,6-8,23H,4-5,9,24H2,1H3,(H,25,26)(H,30,31). The van der Waals surface area contributed by atoms with Crippen molar-refractivity contribution < 1.29 is 19.1 Å². The van der Waals surface area contributed by atoms with Gasteiger partial charge in [-0.25, -0.2) is 13.7 Å². The fourth-order valence-electron chi connectivity index (χ4n) is 3.67. The number of benzene rings is 1. The van der Waals surface area contributed by atoms with Gasteiger partial charge in [-0.15, -0.1) is 0 Å². The normalized spacial score (nSPS) is 13.8. The van der Waals surface area contributed by atoms with Gasteiger partial charge in [0, 0.05) is 49.7 Å². The number of hydrogen-bond acceptors (Lipinski definition) is 6. The number of aromatic nitrogens is 2. The number of carbonyl (C=O) groups is 2. The van der Waals surface area contributed by atoms with Crippen LogP contribution in [0.5, 0.6) is 0 Å². The first-order valence-electron chi connectivity index (χ1n) is 9.52. The number of aliphatic carboxylic acids is 1. The zero-order valence-electron chi connectivity index (χ0n) is 16.9. The minimum atomic E-state index is -1.03. The molecule has 1 aromatic carbocycles. The predicted molar refractivity (Wildman–Crippen MR) is 119 cm³/mol. The summed E-state index contributed by atoms with van der Waals surface area (Å²) >= 11 is 6.41. The molecule has 1 aliphatic rings. The molecule has 0 spiro atoms. The number of nitrogen functional groups attached to an aromatic ring is 1. The molecule has 2 amide bonds. The summed E-state index contributed by atoms with van der Waals surface area (Å²) in [6.07, 6.45) is 2.58. The number of carboxylic acids is 1. The summed E-state index contributed by atoms with van der Waals surface area (Å²) in [6.45, 7) is 0.360. The van der Waals surface area contributed by atoms with Crippen LogP contribution in [0.2, 0.25) is 5.02 Å². The smallest absolute Gasteiger partial charge is 0.324 e. The molecule has 1 aliphatic heterocycles. The topological polar surface area (TPSA) is 140 Å². The van der Waals surface area contributed by atoms with Crippen molar-refractivity contribution in [2.45, 2.75) is 0 Å². The van der Waals surface area contributed by atoms with Crippen LogP contribution < -0.4 is 16.0 Å². The van der Waals surface area contributed by atoms with Crippen LogP contribution >= 0.6 is 11.6 Å². The maximum atomic E-state index is 15.4. The van der Waals surface area contributed by atoms with Crippen molar-refractivity contribution in [3.05, 3.63) is 40.8 Å². The number of fused-ring (bicyclic) bond motifs is 1. The van der Waals surface area contributed by atoms with Crippen LogP contribution in [0.3, 0.4) is 0 Å². The van der Waals surface area contributed by atoms with Gasteiger partial charge in [0.05, 0.1) is 16.2 Å². The molecule has 3 aromatic rings. The minimum Gasteiger partial charge on any atom is -0.480 e. The Balaban J connectivity index is 1.83. The molecule has 10 nitrogen and oxygen atoms in total. The zero-order chi connectivity index (χ0) is 23.2. The first-order chi connectivity index (χ1) is 15.2. The van der Waals surface area contributed by atoms with E-state index in [1.807, 2.05) is 0 Å². The van der Waals surface area contributed by atoms with Crippen LogP contribution in [0.4, 0.5) is 26.4 Å². The molecule has 0 radical (unpaired) electrons. The molecule has 0 bridgehead atoms. The van der Waals surface area contributed by atoms with Gasteiger partial charge in [0.1, 0.15) is 18.1 Å². The van der Waals surface area contributed by atoms with Crippen LogP contribution in [0.25, 0.3) is 16.6 Å². The number of pyridine rings is 1. The second kappa shape index (κ2) is 8.00. The van der Waals surface area contributed by atoms with Crippen molar-refractivity contribution in [2.75, 3.05) is 42.6 Å². The fourth-order valence-corrected chi connectivity index (χ4v) is 3.97. The molecular formula is C20H19ClFN7O3. The molecule has 1 fully saturated rings. The molecule has 2 aromatic heterocycles. The van der Waals surface area contributed by atoms with Crippen molar-refractivity contribution in [1.29, 1.82) is 5.41 Å². The Kier molecular flexibility index (Phi) is 5.35. The molecule has 166 valence electrons. The number of amides is 2. The van der Waals surface area contributed by atoms with Crippen molar-refractivity contribution in [3.8, 4) is 11.1 Å². The van der Waals surface area contributed by atoms with E-state index >= 15 is 4.39 Å². The summed E-state index contributed by atoms with van der Waals surface area (Å²) < 4.78 is 16.9. The quantitative estimate of drug-likeness (QED) is 0.330. The van der Waals surface area contributed by atoms with E-state index in [1.165, 1.54) is 14.3 Å². The Bertz CT molecular complexity index is 1280. The maximum Gasteiger partial charge on any atom is 0.324 e. The van der Waals surface area contributed by atoms with E-state index in [4.69, 9.17) is 27.9 Å². The molecule has 12 heteroatoms. The van der Waals surface area contributed by atoms with Crippen molar-refractivity contribution in [2.24, 2.45) is 0 Å². The number of halogens is 2. The molecule has 0 atom stereocenters. The lowest BCUT2D eigenvalue weighted by Crippen LogP contribution is -2.31. The van der Waals surface area contributed by atoms with Gasteiger partial charge < -0.3 is 26.5 Å². The molecule has 1 saturated heterocycles. The van der Waals surface area contributed by atoms with Gasteiger partial charge in [-0.3, -0.25) is 9.69 Å². The molecule has 0 unspecified atom stereocenters. The maximum absolute atomic E-state index is 15.4. The Morgan fingerprint density at radius 3 is 2.81 bits per heavy atom. The van der Waals surface area contributed by atoms with Gasteiger partial charge in [-0.2, -0.15) is 5.10 Å². The van der Waals surface area contributed by atoms with Crippen molar-refractivity contribution >= 4 is 52.5 Å². The van der Waals surface area contributed by atoms with Crippen LogP contribution in [0, 0.1) is 11.2 Å². The van der Waals surface area contributed by atoms with Crippen LogP contribution in [-0.4, -0.2) is 64.5 Å². The summed E-state index contributed by atoms with van der Waals surface area (Å²) in [7, 11) is 1.60. The number of anilines is 3.